The fraction of sp³-hybridized carbons (Fsp3) is 0.632. The molecule has 0 saturated carbocycles. The second-order valence-corrected chi connectivity index (χ2v) is 8.36. The largest absolute Gasteiger partial charge is 0.492 e. The maximum Gasteiger partial charge on any atom is 0.231 e. The van der Waals surface area contributed by atoms with Gasteiger partial charge in [-0.15, -0.1) is 0 Å². The summed E-state index contributed by atoms with van der Waals surface area (Å²) in [7, 11) is 6.04. The number of methoxy groups -OCH3 is 1. The molecule has 0 N–H and O–H groups in total. The van der Waals surface area contributed by atoms with Crippen molar-refractivity contribution in [1.82, 2.24) is 0 Å². The number of likely N-dealkylation sites (N-methyl/N-ethyl adjacent to an activating group) is 1. The summed E-state index contributed by atoms with van der Waals surface area (Å²) in [6.45, 7) is 7.15. The van der Waals surface area contributed by atoms with Gasteiger partial charge < -0.3 is 18.7 Å². The van der Waals surface area contributed by atoms with Crippen LogP contribution in [0.2, 0.25) is 0 Å². The van der Waals surface area contributed by atoms with Gasteiger partial charge in [-0.1, -0.05) is 20.8 Å². The zero-order chi connectivity index (χ0) is 17.7. The number of rotatable bonds is 3. The van der Waals surface area contributed by atoms with Crippen LogP contribution in [0.25, 0.3) is 0 Å². The molecule has 24 heavy (non-hydrogen) atoms. The average Bonchev–Trinajstić information content (AvgIpc) is 2.95. The first-order valence-corrected chi connectivity index (χ1v) is 8.50. The molecule has 5 heteroatoms. The zero-order valence-electron chi connectivity index (χ0n) is 15.6. The number of fused-ring (bicyclic) bond motifs is 2. The Balaban J connectivity index is 2.11. The fourth-order valence-corrected chi connectivity index (χ4v) is 3.60. The van der Waals surface area contributed by atoms with Crippen LogP contribution in [0, 0.1) is 5.41 Å². The molecule has 5 nitrogen and oxygen atoms in total. The first-order valence-electron chi connectivity index (χ1n) is 8.50. The van der Waals surface area contributed by atoms with E-state index >= 15 is 0 Å². The smallest absolute Gasteiger partial charge is 0.231 e. The second kappa shape index (κ2) is 5.66. The number of ketones is 1. The van der Waals surface area contributed by atoms with E-state index < -0.39 is 0 Å². The van der Waals surface area contributed by atoms with Gasteiger partial charge in [0.1, 0.15) is 11.8 Å². The van der Waals surface area contributed by atoms with E-state index in [4.69, 9.17) is 14.2 Å². The number of carbonyl (C=O) groups is 1. The topological polar surface area (TPSA) is 44.8 Å². The molecule has 0 unspecified atom stereocenters. The van der Waals surface area contributed by atoms with E-state index in [1.165, 1.54) is 5.56 Å². The average molecular weight is 334 g/mol. The number of benzene rings is 1. The first-order chi connectivity index (χ1) is 11.1. The lowest BCUT2D eigenvalue weighted by molar-refractivity contribution is -0.922. The van der Waals surface area contributed by atoms with Crippen molar-refractivity contribution in [3.63, 3.8) is 0 Å². The number of ether oxygens (including phenoxy) is 3. The molecule has 0 amide bonds. The summed E-state index contributed by atoms with van der Waals surface area (Å²) in [5.74, 6) is 2.42. The molecule has 3 rings (SSSR count). The molecule has 0 saturated heterocycles. The highest BCUT2D eigenvalue weighted by Crippen LogP contribution is 2.51. The van der Waals surface area contributed by atoms with Crippen LogP contribution in [0.1, 0.15) is 44.4 Å². The Morgan fingerprint density at radius 3 is 2.67 bits per heavy atom. The summed E-state index contributed by atoms with van der Waals surface area (Å²) in [6, 6.07) is 2.12. The third-order valence-electron chi connectivity index (χ3n) is 5.30. The SMILES string of the molecule is COc1c2c(cc3c1[C@@H](CC(=O)C(C)(C)C)[N+](C)(C)CC3)OCO2. The third-order valence-corrected chi connectivity index (χ3v) is 5.30. The molecule has 2 aliphatic rings. The van der Waals surface area contributed by atoms with E-state index in [1.807, 2.05) is 20.8 Å². The third kappa shape index (κ3) is 2.75. The van der Waals surface area contributed by atoms with Crippen molar-refractivity contribution in [1.29, 1.82) is 0 Å². The maximum atomic E-state index is 12.8. The van der Waals surface area contributed by atoms with Crippen LogP contribution >= 0.6 is 0 Å². The Morgan fingerprint density at radius 1 is 1.33 bits per heavy atom. The van der Waals surface area contributed by atoms with Crippen LogP contribution in [-0.2, 0) is 11.2 Å². The van der Waals surface area contributed by atoms with Crippen molar-refractivity contribution in [2.45, 2.75) is 39.7 Å². The Bertz CT molecular complexity index is 673. The minimum atomic E-state index is -0.346. The molecular formula is C19H28NO4+. The van der Waals surface area contributed by atoms with E-state index in [0.29, 0.717) is 12.2 Å². The summed E-state index contributed by atoms with van der Waals surface area (Å²) in [4.78, 5) is 12.8. The highest BCUT2D eigenvalue weighted by molar-refractivity contribution is 5.84. The van der Waals surface area contributed by atoms with Gasteiger partial charge in [0.2, 0.25) is 12.5 Å². The van der Waals surface area contributed by atoms with Crippen molar-refractivity contribution < 1.29 is 23.5 Å². The molecule has 1 aromatic carbocycles. The van der Waals surface area contributed by atoms with Crippen molar-refractivity contribution in [3.05, 3.63) is 17.2 Å². The lowest BCUT2D eigenvalue weighted by atomic mass is 9.81. The van der Waals surface area contributed by atoms with E-state index in [-0.39, 0.29) is 24.0 Å². The Hall–Kier alpha value is -1.75. The molecule has 0 radical (unpaired) electrons. The van der Waals surface area contributed by atoms with Crippen molar-refractivity contribution in [2.75, 3.05) is 34.5 Å². The van der Waals surface area contributed by atoms with Gasteiger partial charge in [0.15, 0.2) is 11.5 Å². The Morgan fingerprint density at radius 2 is 2.04 bits per heavy atom. The van der Waals surface area contributed by atoms with Gasteiger partial charge in [-0.3, -0.25) is 4.79 Å². The van der Waals surface area contributed by atoms with Crippen LogP contribution in [0.4, 0.5) is 0 Å². The van der Waals surface area contributed by atoms with Crippen molar-refractivity contribution in [2.24, 2.45) is 5.41 Å². The molecular weight excluding hydrogens is 306 g/mol. The molecule has 0 aliphatic carbocycles. The molecule has 0 fully saturated rings. The van der Waals surface area contributed by atoms with Crippen molar-refractivity contribution in [3.8, 4) is 17.2 Å². The quantitative estimate of drug-likeness (QED) is 0.797. The highest BCUT2D eigenvalue weighted by atomic mass is 16.7. The predicted octanol–water partition coefficient (Wildman–Crippen LogP) is 3.10. The molecule has 2 aliphatic heterocycles. The lowest BCUT2D eigenvalue weighted by Gasteiger charge is -2.43. The molecule has 2 heterocycles. The van der Waals surface area contributed by atoms with Crippen LogP contribution in [0.3, 0.4) is 0 Å². The van der Waals surface area contributed by atoms with Gasteiger partial charge in [-0.05, 0) is 11.6 Å². The number of quaternary nitrogens is 1. The predicted molar refractivity (Wildman–Crippen MR) is 91.6 cm³/mol. The van der Waals surface area contributed by atoms with Gasteiger partial charge in [0.05, 0.1) is 39.7 Å². The molecule has 0 aromatic heterocycles. The summed E-state index contributed by atoms with van der Waals surface area (Å²) >= 11 is 0. The summed E-state index contributed by atoms with van der Waals surface area (Å²) < 4.78 is 17.7. The van der Waals surface area contributed by atoms with E-state index in [2.05, 4.69) is 20.2 Å². The van der Waals surface area contributed by atoms with Gasteiger partial charge in [-0.2, -0.15) is 0 Å². The van der Waals surface area contributed by atoms with E-state index in [0.717, 1.165) is 34.5 Å². The number of carbonyl (C=O) groups excluding carboxylic acids is 1. The van der Waals surface area contributed by atoms with Crippen LogP contribution in [0.5, 0.6) is 17.2 Å². The number of nitrogens with zero attached hydrogens (tertiary/aromatic N) is 1. The number of Topliss-reactive ketones (excluding diaryl/α,β-unsaturated/α-hetero) is 1. The Kier molecular flexibility index (Phi) is 4.03. The van der Waals surface area contributed by atoms with E-state index in [9.17, 15) is 4.79 Å². The second-order valence-electron chi connectivity index (χ2n) is 8.36. The van der Waals surface area contributed by atoms with Gasteiger partial charge in [-0.25, -0.2) is 0 Å². The highest BCUT2D eigenvalue weighted by Gasteiger charge is 2.43. The minimum absolute atomic E-state index is 0.0601. The first kappa shape index (κ1) is 17.1. The van der Waals surface area contributed by atoms with Gasteiger partial charge in [0.25, 0.3) is 0 Å². The maximum absolute atomic E-state index is 12.8. The summed E-state index contributed by atoms with van der Waals surface area (Å²) in [5, 5.41) is 0. The van der Waals surface area contributed by atoms with Crippen molar-refractivity contribution >= 4 is 5.78 Å². The molecule has 0 spiro atoms. The lowest BCUT2D eigenvalue weighted by Crippen LogP contribution is -2.49. The van der Waals surface area contributed by atoms with Gasteiger partial charge in [0, 0.05) is 11.8 Å². The Labute approximate surface area is 144 Å². The van der Waals surface area contributed by atoms with Gasteiger partial charge >= 0.3 is 0 Å². The molecule has 132 valence electrons. The van der Waals surface area contributed by atoms with Crippen LogP contribution in [0.15, 0.2) is 6.07 Å². The fourth-order valence-electron chi connectivity index (χ4n) is 3.60. The molecule has 0 bridgehead atoms. The van der Waals surface area contributed by atoms with Crippen LogP contribution in [-0.4, -0.2) is 44.8 Å². The summed E-state index contributed by atoms with van der Waals surface area (Å²) in [6.07, 6.45) is 1.44. The monoisotopic (exact) mass is 334 g/mol. The normalized spacial score (nSPS) is 21.3. The number of hydrogen-bond donors (Lipinski definition) is 0. The zero-order valence-corrected chi connectivity index (χ0v) is 15.6. The minimum Gasteiger partial charge on any atom is -0.492 e. The standard InChI is InChI=1S/C19H28NO4/c1-19(2,3)15(21)10-13-16-12(7-8-20(13,4)5)9-14-17(18(16)22-6)24-11-23-14/h9,13H,7-8,10-11H2,1-6H3/q+1/t13-/m1/s1. The number of hydrogen-bond acceptors (Lipinski definition) is 4. The van der Waals surface area contributed by atoms with Crippen LogP contribution < -0.4 is 14.2 Å². The molecule has 1 aromatic rings. The summed E-state index contributed by atoms with van der Waals surface area (Å²) in [5.41, 5.74) is 1.97. The molecule has 1 atom stereocenters. The van der Waals surface area contributed by atoms with E-state index in [1.54, 1.807) is 7.11 Å².